The molecule has 0 heterocycles. The van der Waals surface area contributed by atoms with Gasteiger partial charge in [0.15, 0.2) is 0 Å². The highest BCUT2D eigenvalue weighted by Crippen LogP contribution is 2.20. The van der Waals surface area contributed by atoms with Crippen LogP contribution in [0.15, 0.2) is 35.5 Å². The minimum absolute atomic E-state index is 0.552. The Morgan fingerprint density at radius 2 is 2.24 bits per heavy atom. The lowest BCUT2D eigenvalue weighted by Gasteiger charge is -2.11. The number of methoxy groups -OCH3 is 1. The normalized spacial score (nSPS) is 9.76. The SMILES string of the molecule is C=NCC(=C)NCc1ccc(OC)c(CC)c1. The Hall–Kier alpha value is -1.77. The van der Waals surface area contributed by atoms with E-state index in [0.29, 0.717) is 6.54 Å². The molecule has 0 saturated carbocycles. The number of benzene rings is 1. The van der Waals surface area contributed by atoms with Gasteiger partial charge in [-0.25, -0.2) is 0 Å². The molecule has 1 aromatic carbocycles. The van der Waals surface area contributed by atoms with Crippen LogP contribution >= 0.6 is 0 Å². The number of aliphatic imine (C=N–C) groups is 1. The monoisotopic (exact) mass is 232 g/mol. The maximum Gasteiger partial charge on any atom is 0.122 e. The highest BCUT2D eigenvalue weighted by Gasteiger charge is 2.02. The minimum atomic E-state index is 0.552. The minimum Gasteiger partial charge on any atom is -0.496 e. The lowest BCUT2D eigenvalue weighted by atomic mass is 10.1. The number of rotatable bonds is 7. The van der Waals surface area contributed by atoms with Crippen molar-refractivity contribution in [2.45, 2.75) is 19.9 Å². The Balaban J connectivity index is 2.66. The molecular weight excluding hydrogens is 212 g/mol. The summed E-state index contributed by atoms with van der Waals surface area (Å²) >= 11 is 0. The number of hydrogen-bond acceptors (Lipinski definition) is 3. The molecule has 1 aromatic rings. The fraction of sp³-hybridized carbons (Fsp3) is 0.357. The molecule has 3 heteroatoms. The fourth-order valence-electron chi connectivity index (χ4n) is 1.64. The maximum atomic E-state index is 5.29. The molecule has 0 aliphatic heterocycles. The van der Waals surface area contributed by atoms with E-state index in [1.165, 1.54) is 11.1 Å². The van der Waals surface area contributed by atoms with Crippen molar-refractivity contribution in [3.05, 3.63) is 41.6 Å². The molecule has 17 heavy (non-hydrogen) atoms. The molecule has 0 aliphatic carbocycles. The second kappa shape index (κ2) is 6.74. The lowest BCUT2D eigenvalue weighted by molar-refractivity contribution is 0.410. The third-order valence-electron chi connectivity index (χ3n) is 2.57. The van der Waals surface area contributed by atoms with E-state index in [4.69, 9.17) is 4.74 Å². The van der Waals surface area contributed by atoms with Crippen LogP contribution in [0.1, 0.15) is 18.1 Å². The molecule has 0 amide bonds. The molecule has 0 saturated heterocycles. The van der Waals surface area contributed by atoms with E-state index in [1.54, 1.807) is 7.11 Å². The van der Waals surface area contributed by atoms with Gasteiger partial charge in [-0.15, -0.1) is 0 Å². The fourth-order valence-corrected chi connectivity index (χ4v) is 1.64. The summed E-state index contributed by atoms with van der Waals surface area (Å²) in [5.74, 6) is 0.947. The van der Waals surface area contributed by atoms with Gasteiger partial charge < -0.3 is 10.1 Å². The zero-order chi connectivity index (χ0) is 12.7. The summed E-state index contributed by atoms with van der Waals surface area (Å²) in [6, 6.07) is 6.21. The van der Waals surface area contributed by atoms with Crippen molar-refractivity contribution in [3.8, 4) is 5.75 Å². The second-order valence-electron chi connectivity index (χ2n) is 3.84. The third kappa shape index (κ3) is 3.94. The number of nitrogens with zero attached hydrogens (tertiary/aromatic N) is 1. The molecule has 1 rings (SSSR count). The third-order valence-corrected chi connectivity index (χ3v) is 2.57. The first-order valence-corrected chi connectivity index (χ1v) is 5.71. The summed E-state index contributed by atoms with van der Waals surface area (Å²) in [6.07, 6.45) is 0.964. The van der Waals surface area contributed by atoms with E-state index in [-0.39, 0.29) is 0 Å². The molecule has 0 atom stereocenters. The van der Waals surface area contributed by atoms with Crippen molar-refractivity contribution in [1.82, 2.24) is 5.32 Å². The standard InChI is InChI=1S/C14H20N2O/c1-5-13-8-12(6-7-14(13)17-4)10-16-11(2)9-15-3/h6-8,16H,2-3,5,9-10H2,1,4H3. The molecule has 0 aromatic heterocycles. The molecule has 0 unspecified atom stereocenters. The van der Waals surface area contributed by atoms with Crippen LogP contribution in [0.25, 0.3) is 0 Å². The summed E-state index contributed by atoms with van der Waals surface area (Å²) in [5.41, 5.74) is 3.32. The second-order valence-corrected chi connectivity index (χ2v) is 3.84. The van der Waals surface area contributed by atoms with Crippen LogP contribution in [0.2, 0.25) is 0 Å². The average Bonchev–Trinajstić information content (AvgIpc) is 2.36. The Bertz CT molecular complexity index is 399. The van der Waals surface area contributed by atoms with E-state index in [9.17, 15) is 0 Å². The number of nitrogens with one attached hydrogen (secondary N) is 1. The largest absolute Gasteiger partial charge is 0.496 e. The first-order valence-electron chi connectivity index (χ1n) is 5.71. The molecule has 0 radical (unpaired) electrons. The lowest BCUT2D eigenvalue weighted by Crippen LogP contribution is -2.14. The van der Waals surface area contributed by atoms with Crippen LogP contribution in [0, 0.1) is 0 Å². The van der Waals surface area contributed by atoms with Gasteiger partial charge in [-0.3, -0.25) is 4.99 Å². The molecular formula is C14H20N2O. The molecule has 0 fully saturated rings. The highest BCUT2D eigenvalue weighted by atomic mass is 16.5. The number of ether oxygens (including phenoxy) is 1. The van der Waals surface area contributed by atoms with E-state index < -0.39 is 0 Å². The molecule has 0 spiro atoms. The van der Waals surface area contributed by atoms with Crippen molar-refractivity contribution in [1.29, 1.82) is 0 Å². The summed E-state index contributed by atoms with van der Waals surface area (Å²) < 4.78 is 5.29. The summed E-state index contributed by atoms with van der Waals surface area (Å²) in [7, 11) is 1.70. The van der Waals surface area contributed by atoms with Gasteiger partial charge in [0.2, 0.25) is 0 Å². The van der Waals surface area contributed by atoms with Crippen LogP contribution in [-0.4, -0.2) is 20.4 Å². The van der Waals surface area contributed by atoms with Crippen LogP contribution in [-0.2, 0) is 13.0 Å². The topological polar surface area (TPSA) is 33.6 Å². The van der Waals surface area contributed by atoms with E-state index in [2.05, 4.69) is 42.7 Å². The van der Waals surface area contributed by atoms with Crippen LogP contribution in [0.5, 0.6) is 5.75 Å². The van der Waals surface area contributed by atoms with Crippen molar-refractivity contribution in [3.63, 3.8) is 0 Å². The maximum absolute atomic E-state index is 5.29. The first kappa shape index (κ1) is 13.3. The van der Waals surface area contributed by atoms with Crippen molar-refractivity contribution >= 4 is 6.72 Å². The van der Waals surface area contributed by atoms with Gasteiger partial charge in [-0.05, 0) is 30.3 Å². The van der Waals surface area contributed by atoms with Gasteiger partial charge in [-0.2, -0.15) is 0 Å². The number of aryl methyl sites for hydroxylation is 1. The van der Waals surface area contributed by atoms with Crippen molar-refractivity contribution in [2.75, 3.05) is 13.7 Å². The van der Waals surface area contributed by atoms with Crippen molar-refractivity contribution in [2.24, 2.45) is 4.99 Å². The van der Waals surface area contributed by atoms with Crippen LogP contribution in [0.4, 0.5) is 0 Å². The van der Waals surface area contributed by atoms with Gasteiger partial charge >= 0.3 is 0 Å². The van der Waals surface area contributed by atoms with Gasteiger partial charge in [-0.1, -0.05) is 25.6 Å². The predicted octanol–water partition coefficient (Wildman–Crippen LogP) is 2.56. The van der Waals surface area contributed by atoms with Crippen molar-refractivity contribution < 1.29 is 4.74 Å². The predicted molar refractivity (Wildman–Crippen MR) is 72.8 cm³/mol. The molecule has 3 nitrogen and oxygen atoms in total. The van der Waals surface area contributed by atoms with Crippen LogP contribution < -0.4 is 10.1 Å². The van der Waals surface area contributed by atoms with Gasteiger partial charge in [0.25, 0.3) is 0 Å². The molecule has 0 aliphatic rings. The van der Waals surface area contributed by atoms with E-state index in [1.807, 2.05) is 6.07 Å². The first-order chi connectivity index (χ1) is 8.21. The van der Waals surface area contributed by atoms with Gasteiger partial charge in [0.1, 0.15) is 5.75 Å². The molecule has 1 N–H and O–H groups in total. The summed E-state index contributed by atoms with van der Waals surface area (Å²) in [6.45, 7) is 10.7. The zero-order valence-electron chi connectivity index (χ0n) is 10.6. The van der Waals surface area contributed by atoms with Gasteiger partial charge in [0.05, 0.1) is 13.7 Å². The Morgan fingerprint density at radius 1 is 1.47 bits per heavy atom. The smallest absolute Gasteiger partial charge is 0.122 e. The van der Waals surface area contributed by atoms with E-state index >= 15 is 0 Å². The molecule has 92 valence electrons. The Kier molecular flexibility index (Phi) is 5.27. The van der Waals surface area contributed by atoms with E-state index in [0.717, 1.165) is 24.4 Å². The quantitative estimate of drug-likeness (QED) is 0.733. The average molecular weight is 232 g/mol. The Labute approximate surface area is 103 Å². The summed E-state index contributed by atoms with van der Waals surface area (Å²) in [5, 5.41) is 3.22. The number of hydrogen-bond donors (Lipinski definition) is 1. The van der Waals surface area contributed by atoms with Crippen LogP contribution in [0.3, 0.4) is 0 Å². The summed E-state index contributed by atoms with van der Waals surface area (Å²) in [4.78, 5) is 3.78. The molecule has 0 bridgehead atoms. The highest BCUT2D eigenvalue weighted by molar-refractivity contribution is 5.37. The Morgan fingerprint density at radius 3 is 2.82 bits per heavy atom. The van der Waals surface area contributed by atoms with Gasteiger partial charge in [0, 0.05) is 12.2 Å². The zero-order valence-corrected chi connectivity index (χ0v) is 10.6.